The van der Waals surface area contributed by atoms with Crippen LogP contribution in [0, 0.1) is 17.8 Å². The van der Waals surface area contributed by atoms with Gasteiger partial charge in [0.25, 0.3) is 0 Å². The number of hydrogen-bond acceptors (Lipinski definition) is 0. The summed E-state index contributed by atoms with van der Waals surface area (Å²) in [5.41, 5.74) is 4.74. The van der Waals surface area contributed by atoms with Gasteiger partial charge in [-0.1, -0.05) is 80.5 Å². The van der Waals surface area contributed by atoms with E-state index < -0.39 is 0 Å². The molecule has 2 aliphatic carbocycles. The molecule has 4 rings (SSSR count). The molecule has 0 N–H and O–H groups in total. The van der Waals surface area contributed by atoms with Gasteiger partial charge in [-0.3, -0.25) is 0 Å². The van der Waals surface area contributed by atoms with Crippen molar-refractivity contribution in [1.29, 1.82) is 0 Å². The molecule has 0 aromatic heterocycles. The van der Waals surface area contributed by atoms with Gasteiger partial charge in [0.15, 0.2) is 0 Å². The predicted molar refractivity (Wildman–Crippen MR) is 95.7 cm³/mol. The van der Waals surface area contributed by atoms with E-state index in [1.807, 2.05) is 0 Å². The normalized spacial score (nSPS) is 27.5. The molecule has 0 saturated heterocycles. The number of rotatable bonds is 2. The molecule has 22 heavy (non-hydrogen) atoms. The van der Waals surface area contributed by atoms with Crippen molar-refractivity contribution >= 4 is 16.3 Å². The fourth-order valence-electron chi connectivity index (χ4n) is 4.41. The summed E-state index contributed by atoms with van der Waals surface area (Å²) in [6.07, 6.45) is 8.99. The lowest BCUT2D eigenvalue weighted by Gasteiger charge is -2.25. The minimum atomic E-state index is 0.566. The fraction of sp³-hybridized carbons (Fsp3) is 0.364. The topological polar surface area (TPSA) is 0 Å². The highest BCUT2D eigenvalue weighted by Gasteiger charge is 2.33. The van der Waals surface area contributed by atoms with E-state index in [0.29, 0.717) is 11.8 Å². The molecule has 1 fully saturated rings. The molecule has 0 nitrogen and oxygen atoms in total. The van der Waals surface area contributed by atoms with E-state index in [2.05, 4.69) is 68.5 Å². The van der Waals surface area contributed by atoms with Crippen LogP contribution in [0.5, 0.6) is 0 Å². The molecule has 2 aliphatic rings. The second-order valence-corrected chi connectivity index (χ2v) is 7.02. The maximum atomic E-state index is 2.52. The fourth-order valence-corrected chi connectivity index (χ4v) is 4.41. The molecule has 0 amide bonds. The number of benzene rings is 2. The highest BCUT2D eigenvalue weighted by molar-refractivity contribution is 5.95. The number of hydrogen-bond donors (Lipinski definition) is 0. The van der Waals surface area contributed by atoms with Gasteiger partial charge in [-0.2, -0.15) is 0 Å². The third kappa shape index (κ3) is 2.22. The van der Waals surface area contributed by atoms with E-state index in [0.717, 1.165) is 5.92 Å². The van der Waals surface area contributed by atoms with E-state index in [-0.39, 0.29) is 0 Å². The van der Waals surface area contributed by atoms with Gasteiger partial charge < -0.3 is 0 Å². The van der Waals surface area contributed by atoms with Gasteiger partial charge in [-0.15, -0.1) is 0 Å². The largest absolute Gasteiger partial charge is 0.0780 e. The summed E-state index contributed by atoms with van der Waals surface area (Å²) in [4.78, 5) is 0. The molecule has 2 aromatic carbocycles. The molecule has 0 bridgehead atoms. The van der Waals surface area contributed by atoms with Crippen LogP contribution in [0.15, 0.2) is 60.2 Å². The Morgan fingerprint density at radius 3 is 2.68 bits per heavy atom. The molecular weight excluding hydrogens is 264 g/mol. The summed E-state index contributed by atoms with van der Waals surface area (Å²) in [5, 5.41) is 2.76. The summed E-state index contributed by atoms with van der Waals surface area (Å²) in [6.45, 7) is 4.67. The Morgan fingerprint density at radius 2 is 1.82 bits per heavy atom. The average molecular weight is 288 g/mol. The molecule has 0 heterocycles. The van der Waals surface area contributed by atoms with Crippen molar-refractivity contribution in [3.8, 4) is 0 Å². The van der Waals surface area contributed by atoms with Crippen LogP contribution in [0.1, 0.15) is 38.7 Å². The van der Waals surface area contributed by atoms with Gasteiger partial charge in [-0.05, 0) is 46.6 Å². The first-order valence-electron chi connectivity index (χ1n) is 8.66. The summed E-state index contributed by atoms with van der Waals surface area (Å²) in [6, 6.07) is 15.6. The van der Waals surface area contributed by atoms with Crippen molar-refractivity contribution in [2.24, 2.45) is 17.8 Å². The van der Waals surface area contributed by atoms with Gasteiger partial charge >= 0.3 is 0 Å². The van der Waals surface area contributed by atoms with Crippen LogP contribution in [0.3, 0.4) is 0 Å². The van der Waals surface area contributed by atoms with Crippen LogP contribution >= 0.6 is 0 Å². The smallest absolute Gasteiger partial charge is 0.00544 e. The molecular formula is C22H24. The summed E-state index contributed by atoms with van der Waals surface area (Å²) in [7, 11) is 0. The first-order chi connectivity index (χ1) is 10.8. The maximum absolute atomic E-state index is 2.52. The van der Waals surface area contributed by atoms with Gasteiger partial charge in [0, 0.05) is 5.92 Å². The number of fused-ring (bicyclic) bond motifs is 2. The van der Waals surface area contributed by atoms with Crippen LogP contribution < -0.4 is 0 Å². The molecule has 2 aromatic rings. The standard InChI is InChI=1S/C22H24/c1-3-16-13-18-11-15(2)12-22(21(18)14-16)20-10-6-8-17-7-4-5-9-19(17)20/h4-12,15-16,21H,3,13-14H2,1-2H3. The Labute approximate surface area is 133 Å². The molecule has 1 saturated carbocycles. The molecule has 112 valence electrons. The Kier molecular flexibility index (Phi) is 3.41. The van der Waals surface area contributed by atoms with E-state index in [9.17, 15) is 0 Å². The Morgan fingerprint density at radius 1 is 1.00 bits per heavy atom. The summed E-state index contributed by atoms with van der Waals surface area (Å²) < 4.78 is 0. The van der Waals surface area contributed by atoms with E-state index in [1.54, 1.807) is 11.1 Å². The first kappa shape index (κ1) is 13.8. The third-order valence-electron chi connectivity index (χ3n) is 5.51. The maximum Gasteiger partial charge on any atom is 0.00544 e. The van der Waals surface area contributed by atoms with Gasteiger partial charge in [0.05, 0.1) is 0 Å². The minimum absolute atomic E-state index is 0.566. The van der Waals surface area contributed by atoms with Crippen molar-refractivity contribution in [3.63, 3.8) is 0 Å². The van der Waals surface area contributed by atoms with Crippen molar-refractivity contribution in [2.45, 2.75) is 33.1 Å². The minimum Gasteiger partial charge on any atom is -0.0780 e. The molecule has 0 aliphatic heterocycles. The average Bonchev–Trinajstić information content (AvgIpc) is 2.96. The highest BCUT2D eigenvalue weighted by Crippen LogP contribution is 2.49. The molecule has 0 spiro atoms. The third-order valence-corrected chi connectivity index (χ3v) is 5.51. The first-order valence-corrected chi connectivity index (χ1v) is 8.66. The predicted octanol–water partition coefficient (Wildman–Crippen LogP) is 6.24. The molecule has 0 radical (unpaired) electrons. The Balaban J connectivity index is 1.84. The Hall–Kier alpha value is -1.82. The zero-order valence-electron chi connectivity index (χ0n) is 13.5. The van der Waals surface area contributed by atoms with Crippen LogP contribution in [0.2, 0.25) is 0 Å². The second-order valence-electron chi connectivity index (χ2n) is 7.02. The second kappa shape index (κ2) is 5.43. The van der Waals surface area contributed by atoms with Crippen molar-refractivity contribution in [3.05, 3.63) is 65.8 Å². The molecule has 3 unspecified atom stereocenters. The van der Waals surface area contributed by atoms with E-state index in [1.165, 1.54) is 35.6 Å². The number of allylic oxidation sites excluding steroid dienone is 4. The van der Waals surface area contributed by atoms with Crippen LogP contribution in [0.4, 0.5) is 0 Å². The van der Waals surface area contributed by atoms with Crippen molar-refractivity contribution in [1.82, 2.24) is 0 Å². The van der Waals surface area contributed by atoms with Crippen molar-refractivity contribution < 1.29 is 0 Å². The molecule has 0 heteroatoms. The summed E-state index contributed by atoms with van der Waals surface area (Å²) >= 11 is 0. The monoisotopic (exact) mass is 288 g/mol. The zero-order valence-corrected chi connectivity index (χ0v) is 13.5. The van der Waals surface area contributed by atoms with E-state index >= 15 is 0 Å². The lowest BCUT2D eigenvalue weighted by molar-refractivity contribution is 0.519. The lowest BCUT2D eigenvalue weighted by atomic mass is 9.80. The van der Waals surface area contributed by atoms with Gasteiger partial charge in [0.2, 0.25) is 0 Å². The SMILES string of the molecule is CCC1CC2=CC(C)C=C(c3cccc4ccccc34)C2C1. The Bertz CT molecular complexity index is 757. The summed E-state index contributed by atoms with van der Waals surface area (Å²) in [5.74, 6) is 2.10. The highest BCUT2D eigenvalue weighted by atomic mass is 14.4. The lowest BCUT2D eigenvalue weighted by Crippen LogP contribution is -2.09. The van der Waals surface area contributed by atoms with Crippen molar-refractivity contribution in [2.75, 3.05) is 0 Å². The van der Waals surface area contributed by atoms with Crippen LogP contribution in [-0.4, -0.2) is 0 Å². The quantitative estimate of drug-likeness (QED) is 0.574. The molecule has 3 atom stereocenters. The van der Waals surface area contributed by atoms with Gasteiger partial charge in [0.1, 0.15) is 0 Å². The zero-order chi connectivity index (χ0) is 15.1. The van der Waals surface area contributed by atoms with Crippen LogP contribution in [-0.2, 0) is 0 Å². The van der Waals surface area contributed by atoms with Crippen LogP contribution in [0.25, 0.3) is 16.3 Å². The van der Waals surface area contributed by atoms with E-state index in [4.69, 9.17) is 0 Å². The van der Waals surface area contributed by atoms with Gasteiger partial charge in [-0.25, -0.2) is 0 Å².